The van der Waals surface area contributed by atoms with Gasteiger partial charge in [-0.2, -0.15) is 5.10 Å². The molecule has 0 aliphatic rings. The molecule has 21 heavy (non-hydrogen) atoms. The smallest absolute Gasteiger partial charge is 0.161 e. The van der Waals surface area contributed by atoms with Crippen molar-refractivity contribution in [3.05, 3.63) is 36.2 Å². The standard InChI is InChI=1S/C16H19N5/c1-10-5-7-11(8-6-10)13-12-14(19-16(2,3)4)17-9-18-15(12)21-20-13/h5-9H,1-4H3,(H2,17,18,19,20,21). The van der Waals surface area contributed by atoms with Crippen LogP contribution in [0.4, 0.5) is 5.82 Å². The molecule has 1 aromatic carbocycles. The summed E-state index contributed by atoms with van der Waals surface area (Å²) in [6.07, 6.45) is 1.55. The van der Waals surface area contributed by atoms with Gasteiger partial charge in [-0.25, -0.2) is 9.97 Å². The van der Waals surface area contributed by atoms with Crippen molar-refractivity contribution in [1.29, 1.82) is 0 Å². The van der Waals surface area contributed by atoms with Gasteiger partial charge in [-0.1, -0.05) is 29.8 Å². The number of aryl methyl sites for hydroxylation is 1. The number of rotatable bonds is 2. The van der Waals surface area contributed by atoms with Crippen molar-refractivity contribution < 1.29 is 0 Å². The average molecular weight is 281 g/mol. The minimum atomic E-state index is -0.0803. The highest BCUT2D eigenvalue weighted by molar-refractivity contribution is 5.98. The Bertz CT molecular complexity index is 765. The van der Waals surface area contributed by atoms with E-state index in [0.29, 0.717) is 0 Å². The van der Waals surface area contributed by atoms with Crippen molar-refractivity contribution in [2.75, 3.05) is 5.32 Å². The molecule has 0 aliphatic heterocycles. The van der Waals surface area contributed by atoms with Crippen LogP contribution in [0, 0.1) is 6.92 Å². The minimum Gasteiger partial charge on any atom is -0.365 e. The number of nitrogens with one attached hydrogen (secondary N) is 2. The molecule has 5 heteroatoms. The van der Waals surface area contributed by atoms with Gasteiger partial charge in [0, 0.05) is 11.1 Å². The summed E-state index contributed by atoms with van der Waals surface area (Å²) in [4.78, 5) is 8.65. The van der Waals surface area contributed by atoms with Gasteiger partial charge in [0.15, 0.2) is 5.65 Å². The third-order valence-electron chi connectivity index (χ3n) is 3.18. The second-order valence-corrected chi connectivity index (χ2v) is 6.26. The van der Waals surface area contributed by atoms with Crippen molar-refractivity contribution in [3.8, 4) is 11.3 Å². The van der Waals surface area contributed by atoms with Crippen molar-refractivity contribution in [2.24, 2.45) is 0 Å². The fraction of sp³-hybridized carbons (Fsp3) is 0.312. The van der Waals surface area contributed by atoms with Gasteiger partial charge in [-0.3, -0.25) is 5.10 Å². The van der Waals surface area contributed by atoms with Gasteiger partial charge in [0.2, 0.25) is 0 Å². The number of H-pyrrole nitrogens is 1. The summed E-state index contributed by atoms with van der Waals surface area (Å²) in [5, 5.41) is 11.8. The number of anilines is 1. The lowest BCUT2D eigenvalue weighted by molar-refractivity contribution is 0.631. The predicted molar refractivity (Wildman–Crippen MR) is 85.2 cm³/mol. The van der Waals surface area contributed by atoms with E-state index in [1.807, 2.05) is 0 Å². The monoisotopic (exact) mass is 281 g/mol. The van der Waals surface area contributed by atoms with Gasteiger partial charge in [-0.05, 0) is 27.7 Å². The molecule has 0 bridgehead atoms. The van der Waals surface area contributed by atoms with E-state index in [9.17, 15) is 0 Å². The molecule has 3 aromatic rings. The first kappa shape index (κ1) is 13.5. The second kappa shape index (κ2) is 4.84. The van der Waals surface area contributed by atoms with Crippen LogP contribution in [0.3, 0.4) is 0 Å². The molecular weight excluding hydrogens is 262 g/mol. The van der Waals surface area contributed by atoms with Crippen LogP contribution in [-0.4, -0.2) is 25.7 Å². The summed E-state index contributed by atoms with van der Waals surface area (Å²) in [5.41, 5.74) is 3.81. The fourth-order valence-corrected chi connectivity index (χ4v) is 2.23. The Kier molecular flexibility index (Phi) is 3.12. The number of aromatic amines is 1. The SMILES string of the molecule is Cc1ccc(-c2n[nH]c3ncnc(NC(C)(C)C)c23)cc1. The van der Waals surface area contributed by atoms with Gasteiger partial charge in [0.25, 0.3) is 0 Å². The third-order valence-corrected chi connectivity index (χ3v) is 3.18. The van der Waals surface area contributed by atoms with Crippen LogP contribution in [0.15, 0.2) is 30.6 Å². The van der Waals surface area contributed by atoms with Gasteiger partial charge >= 0.3 is 0 Å². The lowest BCUT2D eigenvalue weighted by atomic mass is 10.1. The Balaban J connectivity index is 2.18. The van der Waals surface area contributed by atoms with E-state index in [-0.39, 0.29) is 5.54 Å². The zero-order valence-electron chi connectivity index (χ0n) is 12.7. The second-order valence-electron chi connectivity index (χ2n) is 6.26. The van der Waals surface area contributed by atoms with E-state index < -0.39 is 0 Å². The lowest BCUT2D eigenvalue weighted by Crippen LogP contribution is -2.26. The van der Waals surface area contributed by atoms with Crippen LogP contribution >= 0.6 is 0 Å². The summed E-state index contributed by atoms with van der Waals surface area (Å²) < 4.78 is 0. The van der Waals surface area contributed by atoms with Crippen molar-refractivity contribution >= 4 is 16.9 Å². The molecule has 0 spiro atoms. The number of benzene rings is 1. The predicted octanol–water partition coefficient (Wildman–Crippen LogP) is 3.54. The first-order valence-corrected chi connectivity index (χ1v) is 6.98. The van der Waals surface area contributed by atoms with Crippen LogP contribution in [0.5, 0.6) is 0 Å². The van der Waals surface area contributed by atoms with Crippen LogP contribution in [-0.2, 0) is 0 Å². The van der Waals surface area contributed by atoms with E-state index in [2.05, 4.69) is 77.4 Å². The molecule has 0 saturated carbocycles. The Morgan fingerprint density at radius 2 is 1.76 bits per heavy atom. The largest absolute Gasteiger partial charge is 0.365 e. The normalized spacial score (nSPS) is 11.8. The van der Waals surface area contributed by atoms with Crippen molar-refractivity contribution in [3.63, 3.8) is 0 Å². The first-order valence-electron chi connectivity index (χ1n) is 6.98. The van der Waals surface area contributed by atoms with E-state index in [4.69, 9.17) is 0 Å². The molecule has 0 unspecified atom stereocenters. The molecule has 0 aliphatic carbocycles. The van der Waals surface area contributed by atoms with E-state index in [1.54, 1.807) is 6.33 Å². The maximum Gasteiger partial charge on any atom is 0.161 e. The molecule has 0 radical (unpaired) electrons. The summed E-state index contributed by atoms with van der Waals surface area (Å²) in [7, 11) is 0. The van der Waals surface area contributed by atoms with Gasteiger partial charge < -0.3 is 5.32 Å². The van der Waals surface area contributed by atoms with Gasteiger partial charge in [0.05, 0.1) is 5.39 Å². The number of hydrogen-bond donors (Lipinski definition) is 2. The summed E-state index contributed by atoms with van der Waals surface area (Å²) in [6, 6.07) is 8.30. The van der Waals surface area contributed by atoms with Crippen molar-refractivity contribution in [2.45, 2.75) is 33.2 Å². The highest BCUT2D eigenvalue weighted by Gasteiger charge is 2.18. The number of aromatic nitrogens is 4. The maximum atomic E-state index is 4.42. The molecule has 2 N–H and O–H groups in total. The minimum absolute atomic E-state index is 0.0803. The topological polar surface area (TPSA) is 66.5 Å². The molecule has 5 nitrogen and oxygen atoms in total. The summed E-state index contributed by atoms with van der Waals surface area (Å²) in [6.45, 7) is 8.38. The van der Waals surface area contributed by atoms with E-state index in [0.717, 1.165) is 28.1 Å². The fourth-order valence-electron chi connectivity index (χ4n) is 2.23. The molecule has 108 valence electrons. The Labute approximate surface area is 123 Å². The average Bonchev–Trinajstić information content (AvgIpc) is 2.83. The molecule has 2 heterocycles. The maximum absolute atomic E-state index is 4.42. The van der Waals surface area contributed by atoms with Crippen LogP contribution in [0.25, 0.3) is 22.3 Å². The zero-order valence-corrected chi connectivity index (χ0v) is 12.7. The zero-order chi connectivity index (χ0) is 15.0. The Morgan fingerprint density at radius 1 is 1.05 bits per heavy atom. The van der Waals surface area contributed by atoms with Crippen LogP contribution in [0.2, 0.25) is 0 Å². The van der Waals surface area contributed by atoms with E-state index in [1.165, 1.54) is 5.56 Å². The number of nitrogens with zero attached hydrogens (tertiary/aromatic N) is 3. The highest BCUT2D eigenvalue weighted by Crippen LogP contribution is 2.31. The molecule has 3 rings (SSSR count). The molecule has 0 fully saturated rings. The highest BCUT2D eigenvalue weighted by atomic mass is 15.2. The molecule has 2 aromatic heterocycles. The van der Waals surface area contributed by atoms with Gasteiger partial charge in [0.1, 0.15) is 17.8 Å². The summed E-state index contributed by atoms with van der Waals surface area (Å²) in [5.74, 6) is 0.803. The lowest BCUT2D eigenvalue weighted by Gasteiger charge is -2.21. The molecule has 0 atom stereocenters. The Morgan fingerprint density at radius 3 is 2.43 bits per heavy atom. The van der Waals surface area contributed by atoms with E-state index >= 15 is 0 Å². The van der Waals surface area contributed by atoms with Crippen molar-refractivity contribution in [1.82, 2.24) is 20.2 Å². The third kappa shape index (κ3) is 2.72. The number of hydrogen-bond acceptors (Lipinski definition) is 4. The van der Waals surface area contributed by atoms with Crippen LogP contribution < -0.4 is 5.32 Å². The number of fused-ring (bicyclic) bond motifs is 1. The van der Waals surface area contributed by atoms with Crippen LogP contribution in [0.1, 0.15) is 26.3 Å². The quantitative estimate of drug-likeness (QED) is 0.754. The first-order chi connectivity index (χ1) is 9.94. The summed E-state index contributed by atoms with van der Waals surface area (Å²) >= 11 is 0. The Hall–Kier alpha value is -2.43. The molecule has 0 saturated heterocycles. The molecular formula is C16H19N5. The van der Waals surface area contributed by atoms with Gasteiger partial charge in [-0.15, -0.1) is 0 Å². The molecule has 0 amide bonds.